The van der Waals surface area contributed by atoms with Crippen molar-refractivity contribution in [2.75, 3.05) is 4.90 Å². The molecule has 3 aromatic carbocycles. The van der Waals surface area contributed by atoms with Crippen LogP contribution >= 0.6 is 11.6 Å². The van der Waals surface area contributed by atoms with Crippen LogP contribution in [-0.4, -0.2) is 11.8 Å². The summed E-state index contributed by atoms with van der Waals surface area (Å²) in [6, 6.07) is 23.6. The maximum atomic E-state index is 13.7. The molecule has 0 unspecified atom stereocenters. The van der Waals surface area contributed by atoms with Crippen molar-refractivity contribution in [1.82, 2.24) is 0 Å². The van der Waals surface area contributed by atoms with E-state index in [2.05, 4.69) is 31.2 Å². The third kappa shape index (κ3) is 1.94. The van der Waals surface area contributed by atoms with Crippen molar-refractivity contribution in [3.63, 3.8) is 0 Å². The fraction of sp³-hybridized carbons (Fsp3) is 0.200. The molecule has 0 saturated carbocycles. The lowest BCUT2D eigenvalue weighted by atomic mass is 9.48. The van der Waals surface area contributed by atoms with E-state index < -0.39 is 17.3 Å². The largest absolute Gasteiger partial charge is 0.274 e. The van der Waals surface area contributed by atoms with Crippen LogP contribution in [0, 0.1) is 11.8 Å². The van der Waals surface area contributed by atoms with E-state index in [1.165, 1.54) is 27.2 Å². The van der Waals surface area contributed by atoms with Gasteiger partial charge in [0, 0.05) is 16.4 Å². The first-order valence-corrected chi connectivity index (χ1v) is 10.2. The molecule has 29 heavy (non-hydrogen) atoms. The molecule has 1 aliphatic heterocycles. The maximum Gasteiger partial charge on any atom is 0.238 e. The van der Waals surface area contributed by atoms with Gasteiger partial charge in [0.25, 0.3) is 0 Å². The second-order valence-corrected chi connectivity index (χ2v) is 8.79. The number of carbonyl (C=O) groups is 2. The SMILES string of the molecule is CC12c3ccccc3C(c3ccccc31)[C@@H]1C(=O)N(c3cccc(Cl)c3)C(=O)[C@H]12. The Morgan fingerprint density at radius 2 is 1.45 bits per heavy atom. The smallest absolute Gasteiger partial charge is 0.238 e. The van der Waals surface area contributed by atoms with Crippen molar-refractivity contribution < 1.29 is 9.59 Å². The van der Waals surface area contributed by atoms with Crippen LogP contribution < -0.4 is 4.90 Å². The van der Waals surface area contributed by atoms with Crippen molar-refractivity contribution in [2.45, 2.75) is 18.3 Å². The summed E-state index contributed by atoms with van der Waals surface area (Å²) in [5.41, 5.74) is 4.69. The van der Waals surface area contributed by atoms with Crippen molar-refractivity contribution in [2.24, 2.45) is 11.8 Å². The van der Waals surface area contributed by atoms with Crippen LogP contribution in [0.2, 0.25) is 5.02 Å². The highest BCUT2D eigenvalue weighted by Crippen LogP contribution is 2.64. The average Bonchev–Trinajstić information content (AvgIpc) is 3.00. The number of hydrogen-bond acceptors (Lipinski definition) is 2. The summed E-state index contributed by atoms with van der Waals surface area (Å²) in [5, 5.41) is 0.513. The van der Waals surface area contributed by atoms with Crippen LogP contribution in [0.1, 0.15) is 35.1 Å². The normalized spacial score (nSPS) is 28.9. The van der Waals surface area contributed by atoms with Crippen LogP contribution in [0.3, 0.4) is 0 Å². The first kappa shape index (κ1) is 17.0. The summed E-state index contributed by atoms with van der Waals surface area (Å²) in [7, 11) is 0. The van der Waals surface area contributed by atoms with Gasteiger partial charge in [0.05, 0.1) is 17.5 Å². The number of amides is 2. The van der Waals surface area contributed by atoms with Gasteiger partial charge in [-0.2, -0.15) is 0 Å². The third-order valence-corrected chi connectivity index (χ3v) is 7.34. The topological polar surface area (TPSA) is 37.4 Å². The Balaban J connectivity index is 1.63. The molecule has 2 amide bonds. The number of anilines is 1. The lowest BCUT2D eigenvalue weighted by Gasteiger charge is -2.52. The molecule has 3 nitrogen and oxygen atoms in total. The molecule has 4 aliphatic rings. The molecule has 3 aliphatic carbocycles. The van der Waals surface area contributed by atoms with Gasteiger partial charge in [-0.15, -0.1) is 0 Å². The quantitative estimate of drug-likeness (QED) is 0.545. The van der Waals surface area contributed by atoms with E-state index in [9.17, 15) is 9.59 Å². The summed E-state index contributed by atoms with van der Waals surface area (Å²) in [6.07, 6.45) is 0. The Kier molecular flexibility index (Phi) is 3.27. The second kappa shape index (κ2) is 5.58. The van der Waals surface area contributed by atoms with Crippen LogP contribution in [0.15, 0.2) is 72.8 Å². The van der Waals surface area contributed by atoms with Gasteiger partial charge in [-0.05, 0) is 40.5 Å². The summed E-state index contributed by atoms with van der Waals surface area (Å²) in [5.74, 6) is -1.16. The lowest BCUT2D eigenvalue weighted by Crippen LogP contribution is -2.51. The molecule has 0 N–H and O–H groups in total. The van der Waals surface area contributed by atoms with Gasteiger partial charge in [-0.1, -0.05) is 73.1 Å². The van der Waals surface area contributed by atoms with Crippen molar-refractivity contribution in [3.8, 4) is 0 Å². The summed E-state index contributed by atoms with van der Waals surface area (Å²) in [4.78, 5) is 28.8. The Bertz CT molecular complexity index is 1170. The van der Waals surface area contributed by atoms with E-state index in [0.717, 1.165) is 0 Å². The first-order chi connectivity index (χ1) is 14.0. The molecule has 3 aromatic rings. The number of halogens is 1. The van der Waals surface area contributed by atoms with Gasteiger partial charge < -0.3 is 0 Å². The molecule has 1 heterocycles. The van der Waals surface area contributed by atoms with Crippen molar-refractivity contribution in [3.05, 3.63) is 100 Å². The second-order valence-electron chi connectivity index (χ2n) is 8.35. The fourth-order valence-corrected chi connectivity index (χ4v) is 6.21. The van der Waals surface area contributed by atoms with Gasteiger partial charge in [-0.25, -0.2) is 4.90 Å². The van der Waals surface area contributed by atoms with E-state index in [1.807, 2.05) is 24.3 Å². The van der Waals surface area contributed by atoms with Crippen LogP contribution in [0.4, 0.5) is 5.69 Å². The highest BCUT2D eigenvalue weighted by molar-refractivity contribution is 6.31. The molecule has 2 bridgehead atoms. The minimum atomic E-state index is -0.535. The predicted octanol–water partition coefficient (Wildman–Crippen LogP) is 4.91. The lowest BCUT2D eigenvalue weighted by molar-refractivity contribution is -0.123. The Morgan fingerprint density at radius 3 is 2.07 bits per heavy atom. The molecule has 1 fully saturated rings. The molecular formula is C25H18ClNO2. The summed E-state index contributed by atoms with van der Waals surface area (Å²) < 4.78 is 0. The molecule has 142 valence electrons. The molecule has 2 atom stereocenters. The van der Waals surface area contributed by atoms with E-state index in [0.29, 0.717) is 10.7 Å². The van der Waals surface area contributed by atoms with E-state index in [4.69, 9.17) is 11.6 Å². The Labute approximate surface area is 173 Å². The number of imide groups is 1. The van der Waals surface area contributed by atoms with Crippen LogP contribution in [-0.2, 0) is 15.0 Å². The van der Waals surface area contributed by atoms with E-state index in [-0.39, 0.29) is 17.7 Å². The van der Waals surface area contributed by atoms with Gasteiger partial charge in [0.2, 0.25) is 11.8 Å². The number of carbonyl (C=O) groups excluding carboxylic acids is 2. The van der Waals surface area contributed by atoms with E-state index in [1.54, 1.807) is 24.3 Å². The number of hydrogen-bond donors (Lipinski definition) is 0. The standard InChI is InChI=1S/C25H18ClNO2/c1-25-18-11-4-2-9-16(18)20(17-10-3-5-12-19(17)25)21-22(25)24(29)27(23(21)28)15-8-6-7-14(26)13-15/h2-13,20-22H,1H3/t20?,21-,22-,25?/m0/s1. The van der Waals surface area contributed by atoms with Gasteiger partial charge >= 0.3 is 0 Å². The summed E-state index contributed by atoms with van der Waals surface area (Å²) in [6.45, 7) is 2.13. The minimum absolute atomic E-state index is 0.102. The average molecular weight is 400 g/mol. The fourth-order valence-electron chi connectivity index (χ4n) is 6.02. The number of rotatable bonds is 1. The Hall–Kier alpha value is -2.91. The predicted molar refractivity (Wildman–Crippen MR) is 112 cm³/mol. The van der Waals surface area contributed by atoms with Crippen molar-refractivity contribution >= 4 is 29.1 Å². The van der Waals surface area contributed by atoms with Crippen LogP contribution in [0.25, 0.3) is 0 Å². The minimum Gasteiger partial charge on any atom is -0.274 e. The highest BCUT2D eigenvalue weighted by Gasteiger charge is 2.66. The molecule has 4 heteroatoms. The van der Waals surface area contributed by atoms with Gasteiger partial charge in [-0.3, -0.25) is 9.59 Å². The van der Waals surface area contributed by atoms with Gasteiger partial charge in [0.1, 0.15) is 0 Å². The third-order valence-electron chi connectivity index (χ3n) is 7.11. The molecule has 1 saturated heterocycles. The number of nitrogens with zero attached hydrogens (tertiary/aromatic N) is 1. The molecular weight excluding hydrogens is 382 g/mol. The van der Waals surface area contributed by atoms with E-state index >= 15 is 0 Å². The zero-order chi connectivity index (χ0) is 19.9. The first-order valence-electron chi connectivity index (χ1n) is 9.85. The highest BCUT2D eigenvalue weighted by atomic mass is 35.5. The zero-order valence-corrected chi connectivity index (χ0v) is 16.6. The molecule has 0 radical (unpaired) electrons. The van der Waals surface area contributed by atoms with Crippen LogP contribution in [0.5, 0.6) is 0 Å². The number of benzene rings is 3. The molecule has 7 rings (SSSR count). The summed E-state index contributed by atoms with van der Waals surface area (Å²) >= 11 is 6.17. The van der Waals surface area contributed by atoms with Gasteiger partial charge in [0.15, 0.2) is 0 Å². The Morgan fingerprint density at radius 1 is 0.828 bits per heavy atom. The zero-order valence-electron chi connectivity index (χ0n) is 15.8. The van der Waals surface area contributed by atoms with Crippen molar-refractivity contribution in [1.29, 1.82) is 0 Å². The monoisotopic (exact) mass is 399 g/mol. The molecule has 0 aromatic heterocycles. The maximum absolute atomic E-state index is 13.7. The molecule has 0 spiro atoms.